The van der Waals surface area contributed by atoms with Crippen LogP contribution in [0.15, 0.2) is 18.2 Å². The molecule has 2 N–H and O–H groups in total. The summed E-state index contributed by atoms with van der Waals surface area (Å²) in [7, 11) is 0. The lowest BCUT2D eigenvalue weighted by Crippen LogP contribution is -2.52. The number of piperidine rings is 2. The summed E-state index contributed by atoms with van der Waals surface area (Å²) in [6.07, 6.45) is 2.84. The number of carbonyl (C=O) groups excluding carboxylic acids is 3. The third-order valence-electron chi connectivity index (χ3n) is 5.40. The molecule has 3 amide bonds. The molecule has 3 heterocycles. The van der Waals surface area contributed by atoms with Gasteiger partial charge in [0.15, 0.2) is 0 Å². The Morgan fingerprint density at radius 1 is 1.04 bits per heavy atom. The van der Waals surface area contributed by atoms with Crippen LogP contribution < -0.4 is 10.6 Å². The zero-order valence-electron chi connectivity index (χ0n) is 13.5. The maximum Gasteiger partial charge on any atom is 0.255 e. The Bertz CT molecular complexity index is 709. The summed E-state index contributed by atoms with van der Waals surface area (Å²) in [6, 6.07) is 5.38. The number of nitrogens with zero attached hydrogens (tertiary/aromatic N) is 1. The van der Waals surface area contributed by atoms with E-state index in [9.17, 15) is 14.4 Å². The molecule has 6 nitrogen and oxygen atoms in total. The van der Waals surface area contributed by atoms with E-state index >= 15 is 0 Å². The monoisotopic (exact) mass is 327 g/mol. The summed E-state index contributed by atoms with van der Waals surface area (Å²) in [6.45, 7) is 2.47. The molecule has 1 unspecified atom stereocenters. The molecule has 3 aliphatic heterocycles. The van der Waals surface area contributed by atoms with Gasteiger partial charge in [-0.15, -0.1) is 0 Å². The summed E-state index contributed by atoms with van der Waals surface area (Å²) in [5, 5.41) is 5.72. The van der Waals surface area contributed by atoms with Gasteiger partial charge >= 0.3 is 0 Å². The van der Waals surface area contributed by atoms with E-state index in [0.29, 0.717) is 18.9 Å². The Morgan fingerprint density at radius 3 is 2.58 bits per heavy atom. The Labute approximate surface area is 140 Å². The van der Waals surface area contributed by atoms with Crippen LogP contribution in [0.5, 0.6) is 0 Å². The van der Waals surface area contributed by atoms with Gasteiger partial charge in [-0.05, 0) is 55.5 Å². The normalized spacial score (nSPS) is 24.9. The molecule has 1 atom stereocenters. The Morgan fingerprint density at radius 2 is 1.83 bits per heavy atom. The highest BCUT2D eigenvalue weighted by Gasteiger charge is 2.40. The van der Waals surface area contributed by atoms with Gasteiger partial charge in [-0.3, -0.25) is 19.7 Å². The van der Waals surface area contributed by atoms with Crippen molar-refractivity contribution in [3.63, 3.8) is 0 Å². The first-order valence-corrected chi connectivity index (χ1v) is 8.62. The van der Waals surface area contributed by atoms with Gasteiger partial charge in [0.1, 0.15) is 6.04 Å². The van der Waals surface area contributed by atoms with E-state index in [4.69, 9.17) is 0 Å². The van der Waals surface area contributed by atoms with Crippen LogP contribution in [0.25, 0.3) is 0 Å². The highest BCUT2D eigenvalue weighted by atomic mass is 16.2. The van der Waals surface area contributed by atoms with E-state index in [2.05, 4.69) is 16.7 Å². The highest BCUT2D eigenvalue weighted by Crippen LogP contribution is 2.35. The molecule has 1 aromatic rings. The van der Waals surface area contributed by atoms with Crippen LogP contribution in [0.3, 0.4) is 0 Å². The van der Waals surface area contributed by atoms with E-state index in [0.717, 1.165) is 37.1 Å². The highest BCUT2D eigenvalue weighted by molar-refractivity contribution is 6.05. The van der Waals surface area contributed by atoms with Gasteiger partial charge in [0.25, 0.3) is 5.91 Å². The van der Waals surface area contributed by atoms with Gasteiger partial charge in [0, 0.05) is 18.5 Å². The molecular formula is C18H21N3O3. The molecular weight excluding hydrogens is 306 g/mol. The van der Waals surface area contributed by atoms with Crippen LogP contribution in [-0.2, 0) is 16.1 Å². The molecule has 0 aromatic heterocycles. The summed E-state index contributed by atoms with van der Waals surface area (Å²) < 4.78 is 0. The smallest absolute Gasteiger partial charge is 0.255 e. The number of benzene rings is 1. The number of nitrogens with one attached hydrogen (secondary N) is 2. The van der Waals surface area contributed by atoms with Crippen molar-refractivity contribution in [1.82, 2.24) is 15.5 Å². The van der Waals surface area contributed by atoms with Crippen molar-refractivity contribution in [3.05, 3.63) is 34.9 Å². The van der Waals surface area contributed by atoms with Crippen LogP contribution >= 0.6 is 0 Å². The van der Waals surface area contributed by atoms with Crippen molar-refractivity contribution in [2.24, 2.45) is 0 Å². The van der Waals surface area contributed by atoms with Crippen molar-refractivity contribution in [3.8, 4) is 0 Å². The number of hydrogen-bond donors (Lipinski definition) is 2. The molecule has 0 spiro atoms. The average Bonchev–Trinajstić information content (AvgIpc) is 2.93. The first kappa shape index (κ1) is 15.3. The van der Waals surface area contributed by atoms with Gasteiger partial charge < -0.3 is 10.2 Å². The lowest BCUT2D eigenvalue weighted by Gasteiger charge is -2.29. The molecule has 6 heteroatoms. The van der Waals surface area contributed by atoms with E-state index in [1.54, 1.807) is 4.90 Å². The number of amides is 3. The fourth-order valence-corrected chi connectivity index (χ4v) is 4.13. The minimum atomic E-state index is -0.538. The minimum Gasteiger partial charge on any atom is -0.322 e. The molecule has 2 fully saturated rings. The van der Waals surface area contributed by atoms with Gasteiger partial charge in [0.2, 0.25) is 11.8 Å². The Balaban J connectivity index is 1.62. The van der Waals surface area contributed by atoms with Gasteiger partial charge in [0.05, 0.1) is 0 Å². The second-order valence-corrected chi connectivity index (χ2v) is 6.80. The van der Waals surface area contributed by atoms with Crippen LogP contribution in [0, 0.1) is 0 Å². The average molecular weight is 327 g/mol. The molecule has 0 bridgehead atoms. The third-order valence-corrected chi connectivity index (χ3v) is 5.40. The number of imide groups is 1. The van der Waals surface area contributed by atoms with E-state index in [1.807, 2.05) is 12.1 Å². The molecule has 24 heavy (non-hydrogen) atoms. The SMILES string of the molecule is O=C1CCC(N2Cc3c(cccc3C3CCNCC3)C2=O)C(=O)N1. The number of carbonyl (C=O) groups is 3. The van der Waals surface area contributed by atoms with Gasteiger partial charge in [-0.1, -0.05) is 12.1 Å². The largest absolute Gasteiger partial charge is 0.322 e. The van der Waals surface area contributed by atoms with E-state index in [1.165, 1.54) is 5.56 Å². The summed E-state index contributed by atoms with van der Waals surface area (Å²) in [4.78, 5) is 37.9. The second-order valence-electron chi connectivity index (χ2n) is 6.80. The molecule has 126 valence electrons. The fraction of sp³-hybridized carbons (Fsp3) is 0.500. The molecule has 2 saturated heterocycles. The van der Waals surface area contributed by atoms with Crippen molar-refractivity contribution >= 4 is 17.7 Å². The first-order chi connectivity index (χ1) is 11.6. The lowest BCUT2D eigenvalue weighted by atomic mass is 9.86. The predicted molar refractivity (Wildman–Crippen MR) is 87.3 cm³/mol. The second kappa shape index (κ2) is 6.02. The Hall–Kier alpha value is -2.21. The van der Waals surface area contributed by atoms with E-state index in [-0.39, 0.29) is 24.1 Å². The quantitative estimate of drug-likeness (QED) is 0.792. The number of fused-ring (bicyclic) bond motifs is 1. The van der Waals surface area contributed by atoms with Crippen molar-refractivity contribution < 1.29 is 14.4 Å². The van der Waals surface area contributed by atoms with Gasteiger partial charge in [-0.25, -0.2) is 0 Å². The van der Waals surface area contributed by atoms with Crippen LogP contribution in [0.4, 0.5) is 0 Å². The van der Waals surface area contributed by atoms with E-state index < -0.39 is 6.04 Å². The Kier molecular flexibility index (Phi) is 3.84. The zero-order valence-corrected chi connectivity index (χ0v) is 13.5. The summed E-state index contributed by atoms with van der Waals surface area (Å²) in [5.74, 6) is -0.224. The lowest BCUT2D eigenvalue weighted by molar-refractivity contribution is -0.136. The van der Waals surface area contributed by atoms with Crippen LogP contribution in [0.2, 0.25) is 0 Å². The van der Waals surface area contributed by atoms with Crippen LogP contribution in [0.1, 0.15) is 53.1 Å². The maximum absolute atomic E-state index is 12.8. The molecule has 3 aliphatic rings. The predicted octanol–water partition coefficient (Wildman–Crippen LogP) is 0.915. The first-order valence-electron chi connectivity index (χ1n) is 8.62. The molecule has 1 aromatic carbocycles. The third kappa shape index (κ3) is 2.51. The topological polar surface area (TPSA) is 78.5 Å². The van der Waals surface area contributed by atoms with Crippen molar-refractivity contribution in [2.45, 2.75) is 44.2 Å². The minimum absolute atomic E-state index is 0.0877. The van der Waals surface area contributed by atoms with Gasteiger partial charge in [-0.2, -0.15) is 0 Å². The standard InChI is InChI=1S/C18H21N3O3/c22-16-5-4-15(17(23)20-16)21-10-14-12(11-6-8-19-9-7-11)2-1-3-13(14)18(21)24/h1-3,11,15,19H,4-10H2,(H,20,22,23). The summed E-state index contributed by atoms with van der Waals surface area (Å²) in [5.41, 5.74) is 3.03. The molecule has 0 radical (unpaired) electrons. The molecule has 0 saturated carbocycles. The maximum atomic E-state index is 12.8. The number of hydrogen-bond acceptors (Lipinski definition) is 4. The van der Waals surface area contributed by atoms with Crippen molar-refractivity contribution in [2.75, 3.05) is 13.1 Å². The van der Waals surface area contributed by atoms with Crippen molar-refractivity contribution in [1.29, 1.82) is 0 Å². The molecule has 4 rings (SSSR count). The summed E-state index contributed by atoms with van der Waals surface area (Å²) >= 11 is 0. The zero-order chi connectivity index (χ0) is 16.7. The molecule has 0 aliphatic carbocycles. The number of rotatable bonds is 2. The fourth-order valence-electron chi connectivity index (χ4n) is 4.13. The van der Waals surface area contributed by atoms with Crippen LogP contribution in [-0.4, -0.2) is 41.8 Å².